The van der Waals surface area contributed by atoms with E-state index in [2.05, 4.69) is 52.0 Å². The van der Waals surface area contributed by atoms with Gasteiger partial charge >= 0.3 is 0 Å². The number of allylic oxidation sites excluding steroid dienone is 4. The lowest BCUT2D eigenvalue weighted by molar-refractivity contribution is -0.0566. The molecular weight excluding hydrogens is 442 g/mol. The van der Waals surface area contributed by atoms with Crippen molar-refractivity contribution < 1.29 is 9.47 Å². The largest absolute Gasteiger partial charge is 0.380 e. The summed E-state index contributed by atoms with van der Waals surface area (Å²) in [6.07, 6.45) is 35.2. The maximum Gasteiger partial charge on any atom is 0.0799 e. The molecule has 0 aromatic rings. The fourth-order valence-electron chi connectivity index (χ4n) is 4.28. The molecule has 0 aliphatic heterocycles. The first-order chi connectivity index (χ1) is 17.5. The predicted octanol–water partition coefficient (Wildman–Crippen LogP) is 10.1. The van der Waals surface area contributed by atoms with Crippen molar-refractivity contribution in [3.05, 3.63) is 24.3 Å². The fourth-order valence-corrected chi connectivity index (χ4v) is 4.28. The van der Waals surface area contributed by atoms with Gasteiger partial charge in [0.1, 0.15) is 0 Å². The van der Waals surface area contributed by atoms with Gasteiger partial charge in [0.15, 0.2) is 0 Å². The Kier molecular flexibility index (Phi) is 26.9. The summed E-state index contributed by atoms with van der Waals surface area (Å²) >= 11 is 0. The molecule has 0 saturated heterocycles. The molecule has 214 valence electrons. The molecule has 0 saturated carbocycles. The summed E-state index contributed by atoms with van der Waals surface area (Å²) in [5, 5.41) is 0. The maximum atomic E-state index is 6.36. The van der Waals surface area contributed by atoms with Crippen LogP contribution in [-0.2, 0) is 9.47 Å². The molecule has 0 aromatic heterocycles. The highest BCUT2D eigenvalue weighted by molar-refractivity contribution is 4.92. The van der Waals surface area contributed by atoms with Crippen molar-refractivity contribution >= 4 is 0 Å². The summed E-state index contributed by atoms with van der Waals surface area (Å²) in [4.78, 5) is 0. The van der Waals surface area contributed by atoms with Crippen LogP contribution in [0.1, 0.15) is 156 Å². The van der Waals surface area contributed by atoms with E-state index in [9.17, 15) is 0 Å². The van der Waals surface area contributed by atoms with Crippen LogP contribution in [0, 0.1) is 0 Å². The van der Waals surface area contributed by atoms with E-state index < -0.39 is 0 Å². The zero-order chi connectivity index (χ0) is 26.6. The van der Waals surface area contributed by atoms with Gasteiger partial charge < -0.3 is 15.2 Å². The highest BCUT2D eigenvalue weighted by Crippen LogP contribution is 2.16. The predicted molar refractivity (Wildman–Crippen MR) is 161 cm³/mol. The second kappa shape index (κ2) is 27.4. The van der Waals surface area contributed by atoms with E-state index in [4.69, 9.17) is 15.2 Å². The molecule has 1 atom stereocenters. The fraction of sp³-hybridized carbons (Fsp3) is 0.879. The SMILES string of the molecule is CCCCC/C=C\C/C=C\CCCCCCCCCCOC(C)(C)C(N)COCCCCCCCC. The Morgan fingerprint density at radius 2 is 1.03 bits per heavy atom. The lowest BCUT2D eigenvalue weighted by atomic mass is 10.00. The Bertz CT molecular complexity index is 486. The Morgan fingerprint density at radius 1 is 0.583 bits per heavy atom. The number of rotatable bonds is 28. The Hall–Kier alpha value is -0.640. The van der Waals surface area contributed by atoms with Gasteiger partial charge in [-0.15, -0.1) is 0 Å². The van der Waals surface area contributed by atoms with Crippen LogP contribution >= 0.6 is 0 Å². The van der Waals surface area contributed by atoms with Gasteiger partial charge in [0.05, 0.1) is 18.2 Å². The van der Waals surface area contributed by atoms with Gasteiger partial charge in [0.25, 0.3) is 0 Å². The normalized spacial score (nSPS) is 13.4. The minimum Gasteiger partial charge on any atom is -0.380 e. The molecule has 2 N–H and O–H groups in total. The third kappa shape index (κ3) is 25.0. The molecular formula is C33H65NO2. The summed E-state index contributed by atoms with van der Waals surface area (Å²) in [6, 6.07) is -0.0700. The second-order valence-corrected chi connectivity index (χ2v) is 11.2. The lowest BCUT2D eigenvalue weighted by Gasteiger charge is -2.31. The summed E-state index contributed by atoms with van der Waals surface area (Å²) < 4.78 is 11.9. The molecule has 0 aliphatic rings. The lowest BCUT2D eigenvalue weighted by Crippen LogP contribution is -2.48. The second-order valence-electron chi connectivity index (χ2n) is 11.2. The molecule has 0 rings (SSSR count). The zero-order valence-corrected chi connectivity index (χ0v) is 25.0. The van der Waals surface area contributed by atoms with Gasteiger partial charge in [-0.3, -0.25) is 0 Å². The van der Waals surface area contributed by atoms with Crippen molar-refractivity contribution in [1.82, 2.24) is 0 Å². The Balaban J connectivity index is 3.46. The molecule has 3 nitrogen and oxygen atoms in total. The van der Waals surface area contributed by atoms with Crippen molar-refractivity contribution in [2.24, 2.45) is 5.73 Å². The van der Waals surface area contributed by atoms with Gasteiger partial charge in [0, 0.05) is 13.2 Å². The van der Waals surface area contributed by atoms with Crippen molar-refractivity contribution in [3.8, 4) is 0 Å². The maximum absolute atomic E-state index is 6.36. The molecule has 0 fully saturated rings. The van der Waals surface area contributed by atoms with E-state index in [1.807, 2.05) is 0 Å². The van der Waals surface area contributed by atoms with Gasteiger partial charge in [-0.2, -0.15) is 0 Å². The van der Waals surface area contributed by atoms with Crippen LogP contribution in [0.3, 0.4) is 0 Å². The molecule has 0 aliphatic carbocycles. The monoisotopic (exact) mass is 508 g/mol. The van der Waals surface area contributed by atoms with Crippen molar-refractivity contribution in [1.29, 1.82) is 0 Å². The average molecular weight is 508 g/mol. The van der Waals surface area contributed by atoms with E-state index in [1.165, 1.54) is 109 Å². The van der Waals surface area contributed by atoms with Crippen LogP contribution in [0.25, 0.3) is 0 Å². The van der Waals surface area contributed by atoms with E-state index in [0.29, 0.717) is 6.61 Å². The Morgan fingerprint density at radius 3 is 1.61 bits per heavy atom. The number of nitrogens with two attached hydrogens (primary N) is 1. The standard InChI is InChI=1S/C33H65NO2/c1-5-7-9-11-13-14-15-16-17-18-19-20-21-22-23-24-26-28-30-36-33(3,4)32(34)31-35-29-27-25-12-10-8-6-2/h13-14,16-17,32H,5-12,15,18-31,34H2,1-4H3/b14-13-,17-16-. The van der Waals surface area contributed by atoms with Crippen molar-refractivity contribution in [2.75, 3.05) is 19.8 Å². The number of hydrogen-bond donors (Lipinski definition) is 1. The van der Waals surface area contributed by atoms with Crippen molar-refractivity contribution in [2.45, 2.75) is 168 Å². The highest BCUT2D eigenvalue weighted by Gasteiger charge is 2.27. The van der Waals surface area contributed by atoms with Crippen LogP contribution in [0.2, 0.25) is 0 Å². The van der Waals surface area contributed by atoms with Gasteiger partial charge in [-0.25, -0.2) is 0 Å². The van der Waals surface area contributed by atoms with Crippen molar-refractivity contribution in [3.63, 3.8) is 0 Å². The zero-order valence-electron chi connectivity index (χ0n) is 25.0. The van der Waals surface area contributed by atoms with Crippen LogP contribution in [0.15, 0.2) is 24.3 Å². The average Bonchev–Trinajstić information content (AvgIpc) is 2.86. The molecule has 0 aromatic carbocycles. The van der Waals surface area contributed by atoms with Gasteiger partial charge in [-0.1, -0.05) is 122 Å². The number of hydrogen-bond acceptors (Lipinski definition) is 3. The third-order valence-corrected chi connectivity index (χ3v) is 7.15. The quantitative estimate of drug-likeness (QED) is 0.0846. The third-order valence-electron chi connectivity index (χ3n) is 7.15. The molecule has 1 unspecified atom stereocenters. The summed E-state index contributed by atoms with van der Waals surface area (Å²) in [5.41, 5.74) is 6.04. The van der Waals surface area contributed by atoms with Crippen LogP contribution in [0.4, 0.5) is 0 Å². The minimum atomic E-state index is -0.319. The summed E-state index contributed by atoms with van der Waals surface area (Å²) in [5.74, 6) is 0. The molecule has 3 heteroatoms. The Labute approximate surface area is 227 Å². The summed E-state index contributed by atoms with van der Waals surface area (Å²) in [7, 11) is 0. The van der Waals surface area contributed by atoms with Gasteiger partial charge in [0.2, 0.25) is 0 Å². The van der Waals surface area contributed by atoms with E-state index >= 15 is 0 Å². The first-order valence-corrected chi connectivity index (χ1v) is 15.8. The molecule has 0 radical (unpaired) electrons. The molecule has 0 heterocycles. The van der Waals surface area contributed by atoms with Crippen LogP contribution < -0.4 is 5.73 Å². The highest BCUT2D eigenvalue weighted by atomic mass is 16.5. The van der Waals surface area contributed by atoms with Crippen LogP contribution in [-0.4, -0.2) is 31.5 Å². The number of ether oxygens (including phenoxy) is 2. The molecule has 0 spiro atoms. The summed E-state index contributed by atoms with van der Waals surface area (Å²) in [6.45, 7) is 10.9. The molecule has 0 amide bonds. The van der Waals surface area contributed by atoms with Gasteiger partial charge in [-0.05, 0) is 58.8 Å². The topological polar surface area (TPSA) is 44.5 Å². The minimum absolute atomic E-state index is 0.0700. The van der Waals surface area contributed by atoms with E-state index in [1.54, 1.807) is 0 Å². The van der Waals surface area contributed by atoms with E-state index in [0.717, 1.165) is 32.5 Å². The smallest absolute Gasteiger partial charge is 0.0799 e. The number of unbranched alkanes of at least 4 members (excludes halogenated alkanes) is 16. The molecule has 0 bridgehead atoms. The molecule has 36 heavy (non-hydrogen) atoms. The first-order valence-electron chi connectivity index (χ1n) is 15.8. The first kappa shape index (κ1) is 35.4. The van der Waals surface area contributed by atoms with Crippen LogP contribution in [0.5, 0.6) is 0 Å². The van der Waals surface area contributed by atoms with E-state index in [-0.39, 0.29) is 11.6 Å².